The topological polar surface area (TPSA) is 86.8 Å². The third-order valence-electron chi connectivity index (χ3n) is 8.21. The van der Waals surface area contributed by atoms with Crippen molar-refractivity contribution in [2.24, 2.45) is 23.2 Å². The molecule has 0 aromatic heterocycles. The van der Waals surface area contributed by atoms with Crippen molar-refractivity contribution in [2.45, 2.75) is 50.3 Å². The van der Waals surface area contributed by atoms with Gasteiger partial charge in [-0.05, 0) is 79.9 Å². The number of piperazine rings is 1. The second-order valence-corrected chi connectivity index (χ2v) is 12.5. The van der Waals surface area contributed by atoms with Gasteiger partial charge in [0, 0.05) is 45.2 Å². The summed E-state index contributed by atoms with van der Waals surface area (Å²) in [6.07, 6.45) is 7.77. The number of rotatable bonds is 5. The van der Waals surface area contributed by atoms with E-state index in [9.17, 15) is 18.0 Å². The van der Waals surface area contributed by atoms with Crippen LogP contribution in [0.2, 0.25) is 0 Å². The molecular formula is C24H33N3O4S. The van der Waals surface area contributed by atoms with Gasteiger partial charge < -0.3 is 10.2 Å². The van der Waals surface area contributed by atoms with Crippen LogP contribution in [0.5, 0.6) is 0 Å². The molecule has 5 aliphatic rings. The average molecular weight is 460 g/mol. The van der Waals surface area contributed by atoms with Gasteiger partial charge in [0.15, 0.2) is 0 Å². The number of hydrogen-bond donors (Lipinski definition) is 1. The van der Waals surface area contributed by atoms with Crippen molar-refractivity contribution < 1.29 is 18.0 Å². The highest BCUT2D eigenvalue weighted by Gasteiger charge is 2.50. The molecule has 0 spiro atoms. The van der Waals surface area contributed by atoms with Crippen LogP contribution in [0.4, 0.5) is 0 Å². The summed E-state index contributed by atoms with van der Waals surface area (Å²) >= 11 is 0. The van der Waals surface area contributed by atoms with Crippen LogP contribution in [0.3, 0.4) is 0 Å². The predicted octanol–water partition coefficient (Wildman–Crippen LogP) is 2.49. The summed E-state index contributed by atoms with van der Waals surface area (Å²) in [6, 6.07) is 6.35. The number of carbonyl (C=O) groups is 2. The van der Waals surface area contributed by atoms with Crippen LogP contribution in [0, 0.1) is 23.2 Å². The number of nitrogens with zero attached hydrogens (tertiary/aromatic N) is 2. The van der Waals surface area contributed by atoms with Gasteiger partial charge in [-0.3, -0.25) is 9.59 Å². The normalized spacial score (nSPS) is 32.2. The van der Waals surface area contributed by atoms with Crippen LogP contribution in [0.1, 0.15) is 55.8 Å². The van der Waals surface area contributed by atoms with E-state index in [4.69, 9.17) is 0 Å². The minimum absolute atomic E-state index is 0.0419. The van der Waals surface area contributed by atoms with Crippen molar-refractivity contribution >= 4 is 21.8 Å². The van der Waals surface area contributed by atoms with Gasteiger partial charge in [-0.2, -0.15) is 4.31 Å². The molecule has 1 heterocycles. The number of carbonyl (C=O) groups excluding carboxylic acids is 2. The fourth-order valence-corrected chi connectivity index (χ4v) is 8.54. The molecule has 2 amide bonds. The van der Waals surface area contributed by atoms with Crippen LogP contribution >= 0.6 is 0 Å². The van der Waals surface area contributed by atoms with Gasteiger partial charge in [-0.15, -0.1) is 0 Å². The lowest BCUT2D eigenvalue weighted by Gasteiger charge is -2.56. The van der Waals surface area contributed by atoms with E-state index in [1.54, 1.807) is 23.1 Å². The van der Waals surface area contributed by atoms with E-state index in [0.717, 1.165) is 17.8 Å². The average Bonchev–Trinajstić information content (AvgIpc) is 2.77. The molecule has 4 saturated carbocycles. The van der Waals surface area contributed by atoms with Crippen molar-refractivity contribution in [3.05, 3.63) is 29.8 Å². The maximum atomic E-state index is 13.1. The summed E-state index contributed by atoms with van der Waals surface area (Å²) in [5.74, 6) is 2.25. The Labute approximate surface area is 190 Å². The Morgan fingerprint density at radius 1 is 1.00 bits per heavy atom. The number of sulfonamides is 1. The first-order valence-electron chi connectivity index (χ1n) is 11.9. The monoisotopic (exact) mass is 459 g/mol. The highest BCUT2D eigenvalue weighted by Crippen LogP contribution is 2.59. The molecule has 1 aliphatic heterocycles. The Morgan fingerprint density at radius 2 is 1.59 bits per heavy atom. The van der Waals surface area contributed by atoms with Gasteiger partial charge in [-0.1, -0.05) is 6.07 Å². The number of hydrogen-bond acceptors (Lipinski definition) is 4. The zero-order valence-corrected chi connectivity index (χ0v) is 19.6. The van der Waals surface area contributed by atoms with Crippen molar-refractivity contribution in [3.8, 4) is 0 Å². The first kappa shape index (κ1) is 21.9. The summed E-state index contributed by atoms with van der Waals surface area (Å²) in [5.41, 5.74) is 0.628. The second kappa shape index (κ2) is 8.13. The molecule has 1 N–H and O–H groups in total. The Morgan fingerprint density at radius 3 is 2.16 bits per heavy atom. The zero-order chi connectivity index (χ0) is 22.5. The van der Waals surface area contributed by atoms with Gasteiger partial charge in [0.25, 0.3) is 5.91 Å². The quantitative estimate of drug-likeness (QED) is 0.733. The van der Waals surface area contributed by atoms with Crippen molar-refractivity contribution in [1.29, 1.82) is 0 Å². The first-order valence-corrected chi connectivity index (χ1v) is 13.3. The lowest BCUT2D eigenvalue weighted by Crippen LogP contribution is -2.51. The Hall–Kier alpha value is -1.93. The van der Waals surface area contributed by atoms with E-state index in [0.29, 0.717) is 25.2 Å². The molecule has 4 bridgehead atoms. The molecule has 32 heavy (non-hydrogen) atoms. The fraction of sp³-hybridized carbons (Fsp3) is 0.667. The van der Waals surface area contributed by atoms with Crippen molar-refractivity contribution in [2.75, 3.05) is 32.7 Å². The van der Waals surface area contributed by atoms with E-state index < -0.39 is 10.0 Å². The number of amides is 2. The summed E-state index contributed by atoms with van der Waals surface area (Å²) in [4.78, 5) is 26.3. The van der Waals surface area contributed by atoms with Gasteiger partial charge in [-0.25, -0.2) is 8.42 Å². The molecular weight excluding hydrogens is 426 g/mol. The van der Waals surface area contributed by atoms with Gasteiger partial charge in [0.1, 0.15) is 0 Å². The zero-order valence-electron chi connectivity index (χ0n) is 18.8. The third-order valence-corrected chi connectivity index (χ3v) is 10.1. The minimum atomic E-state index is -3.70. The second-order valence-electron chi connectivity index (χ2n) is 10.5. The highest BCUT2D eigenvalue weighted by atomic mass is 32.2. The van der Waals surface area contributed by atoms with Crippen LogP contribution in [-0.2, 0) is 14.8 Å². The molecule has 8 heteroatoms. The predicted molar refractivity (Wildman–Crippen MR) is 120 cm³/mol. The molecule has 0 unspecified atom stereocenters. The molecule has 5 fully saturated rings. The first-order chi connectivity index (χ1) is 15.2. The van der Waals surface area contributed by atoms with E-state index in [2.05, 4.69) is 5.32 Å². The molecule has 174 valence electrons. The standard InChI is InChI=1S/C24H33N3O4S/c1-17(28)26-5-7-27(8-6-26)32(30,31)22-4-2-3-21(12-22)23(29)25-16-24-13-18-9-19(14-24)11-20(10-18)15-24/h2-4,12,18-20H,5-11,13-16H2,1H3,(H,25,29). The van der Waals surface area contributed by atoms with E-state index in [1.807, 2.05) is 0 Å². The van der Waals surface area contributed by atoms with Gasteiger partial charge >= 0.3 is 0 Å². The Kier molecular flexibility index (Phi) is 5.56. The summed E-state index contributed by atoms with van der Waals surface area (Å²) in [7, 11) is -3.70. The molecule has 6 rings (SSSR count). The lowest BCUT2D eigenvalue weighted by molar-refractivity contribution is -0.129. The van der Waals surface area contributed by atoms with Gasteiger partial charge in [0.05, 0.1) is 4.90 Å². The number of benzene rings is 1. The van der Waals surface area contributed by atoms with Crippen LogP contribution in [-0.4, -0.2) is 62.2 Å². The molecule has 0 atom stereocenters. The summed E-state index contributed by atoms with van der Waals surface area (Å²) in [5, 5.41) is 3.14. The maximum absolute atomic E-state index is 13.1. The summed E-state index contributed by atoms with van der Waals surface area (Å²) < 4.78 is 27.6. The van der Waals surface area contributed by atoms with Gasteiger partial charge in [0.2, 0.25) is 15.9 Å². The fourth-order valence-electron chi connectivity index (χ4n) is 7.07. The van der Waals surface area contributed by atoms with Crippen molar-refractivity contribution in [3.63, 3.8) is 0 Å². The third kappa shape index (κ3) is 4.07. The molecule has 1 saturated heterocycles. The largest absolute Gasteiger partial charge is 0.351 e. The van der Waals surface area contributed by atoms with Crippen LogP contribution in [0.15, 0.2) is 29.2 Å². The highest BCUT2D eigenvalue weighted by molar-refractivity contribution is 7.89. The molecule has 0 radical (unpaired) electrons. The lowest BCUT2D eigenvalue weighted by atomic mass is 9.49. The molecule has 1 aromatic carbocycles. The molecule has 1 aromatic rings. The number of nitrogens with one attached hydrogen (secondary N) is 1. The van der Waals surface area contributed by atoms with Crippen LogP contribution in [0.25, 0.3) is 0 Å². The van der Waals surface area contributed by atoms with E-state index in [-0.39, 0.29) is 35.2 Å². The minimum Gasteiger partial charge on any atom is -0.351 e. The maximum Gasteiger partial charge on any atom is 0.251 e. The van der Waals surface area contributed by atoms with E-state index in [1.165, 1.54) is 55.8 Å². The van der Waals surface area contributed by atoms with Crippen LogP contribution < -0.4 is 5.32 Å². The smallest absolute Gasteiger partial charge is 0.251 e. The van der Waals surface area contributed by atoms with Crippen molar-refractivity contribution in [1.82, 2.24) is 14.5 Å². The Bertz CT molecular complexity index is 979. The molecule has 4 aliphatic carbocycles. The SMILES string of the molecule is CC(=O)N1CCN(S(=O)(=O)c2cccc(C(=O)NCC34CC5CC(CC(C5)C3)C4)c2)CC1. The molecule has 7 nitrogen and oxygen atoms in total. The van der Waals surface area contributed by atoms with E-state index >= 15 is 0 Å². The summed E-state index contributed by atoms with van der Waals surface area (Å²) in [6.45, 7) is 3.50. The Balaban J connectivity index is 1.25.